The molecule has 14 aromatic rings. The third-order valence-electron chi connectivity index (χ3n) is 15.9. The first-order valence-electron chi connectivity index (χ1n) is 26.6. The van der Waals surface area contributed by atoms with Crippen LogP contribution in [0.1, 0.15) is 25.0 Å². The summed E-state index contributed by atoms with van der Waals surface area (Å²) >= 11 is 0. The molecular weight excluding hydrogens is 951 g/mol. The van der Waals surface area contributed by atoms with Gasteiger partial charge in [0.25, 0.3) is 0 Å². The minimum Gasteiger partial charge on any atom is -0.456 e. The Labute approximate surface area is 451 Å². The zero-order valence-corrected chi connectivity index (χ0v) is 43.0. The molecule has 0 bridgehead atoms. The third-order valence-corrected chi connectivity index (χ3v) is 15.9. The summed E-state index contributed by atoms with van der Waals surface area (Å²) in [7, 11) is 0. The molecule has 1 aliphatic carbocycles. The number of rotatable bonds is 9. The van der Waals surface area contributed by atoms with E-state index in [2.05, 4.69) is 211 Å². The highest BCUT2D eigenvalue weighted by atomic mass is 16.3. The molecule has 1 aliphatic rings. The van der Waals surface area contributed by atoms with Gasteiger partial charge in [0, 0.05) is 66.3 Å². The molecule has 15 rings (SSSR count). The average Bonchev–Trinajstić information content (AvgIpc) is 4.35. The van der Waals surface area contributed by atoms with E-state index in [1.807, 2.05) is 72.8 Å². The highest BCUT2D eigenvalue weighted by Gasteiger charge is 2.38. The summed E-state index contributed by atoms with van der Waals surface area (Å²) in [5, 5.41) is 4.43. The number of benzene rings is 11. The molecule has 0 N–H and O–H groups in total. The second-order valence-electron chi connectivity index (χ2n) is 20.7. The monoisotopic (exact) mass is 999 g/mol. The van der Waals surface area contributed by atoms with Gasteiger partial charge < -0.3 is 13.9 Å². The van der Waals surface area contributed by atoms with Crippen LogP contribution in [0.5, 0.6) is 0 Å². The maximum absolute atomic E-state index is 6.58. The summed E-state index contributed by atoms with van der Waals surface area (Å²) in [5.41, 5.74) is 20.7. The molecule has 0 saturated carbocycles. The van der Waals surface area contributed by atoms with Crippen LogP contribution in [0, 0.1) is 0 Å². The van der Waals surface area contributed by atoms with Crippen LogP contribution in [0.25, 0.3) is 117 Å². The van der Waals surface area contributed by atoms with E-state index in [4.69, 9.17) is 19.4 Å². The maximum atomic E-state index is 6.58. The fraction of sp³-hybridized carbons (Fsp3) is 0.0417. The number of fused-ring (bicyclic) bond motifs is 9. The average molecular weight is 1000 g/mol. The van der Waals surface area contributed by atoms with Gasteiger partial charge in [0.1, 0.15) is 11.2 Å². The molecular formula is C72H49N5O. The Morgan fingerprint density at radius 3 is 1.65 bits per heavy atom. The van der Waals surface area contributed by atoms with Crippen LogP contribution < -0.4 is 4.90 Å². The van der Waals surface area contributed by atoms with Crippen molar-refractivity contribution < 1.29 is 4.42 Å². The number of para-hydroxylation sites is 2. The van der Waals surface area contributed by atoms with Crippen LogP contribution in [0.15, 0.2) is 265 Å². The van der Waals surface area contributed by atoms with Crippen LogP contribution >= 0.6 is 0 Å². The standard InChI is InChI=1S/C72H49N5O/c1-72(2)59-29-14-12-25-55(59)68-60(72)30-18-33-63(68)76(53-42-37-47(38-43-53)54-27-16-32-62-66(54)56-26-13-15-31-61(56)77(62)51-23-10-5-11-24-51)52-40-35-46(36-41-52)50-39-44-64-58(45-50)67-57(28-17-34-65(67)78-64)71-74-69(48-19-6-3-7-20-48)73-70(75-71)49-21-8-4-9-22-49/h3-45H,1-2H3. The molecule has 11 aromatic carbocycles. The van der Waals surface area contributed by atoms with Gasteiger partial charge in [0.05, 0.1) is 16.7 Å². The first-order valence-corrected chi connectivity index (χ1v) is 26.6. The van der Waals surface area contributed by atoms with Crippen LogP contribution in [0.3, 0.4) is 0 Å². The van der Waals surface area contributed by atoms with Crippen molar-refractivity contribution in [3.8, 4) is 73.2 Å². The molecule has 0 amide bonds. The molecule has 0 saturated heterocycles. The van der Waals surface area contributed by atoms with Gasteiger partial charge in [-0.25, -0.2) is 15.0 Å². The number of aromatic nitrogens is 4. The first kappa shape index (κ1) is 45.2. The molecule has 0 aliphatic heterocycles. The lowest BCUT2D eigenvalue weighted by atomic mass is 9.82. The predicted octanol–water partition coefficient (Wildman–Crippen LogP) is 19.0. The van der Waals surface area contributed by atoms with Gasteiger partial charge in [-0.15, -0.1) is 0 Å². The zero-order valence-electron chi connectivity index (χ0n) is 43.0. The topological polar surface area (TPSA) is 60.0 Å². The summed E-state index contributed by atoms with van der Waals surface area (Å²) in [4.78, 5) is 17.6. The largest absolute Gasteiger partial charge is 0.456 e. The molecule has 0 atom stereocenters. The highest BCUT2D eigenvalue weighted by molar-refractivity contribution is 6.16. The van der Waals surface area contributed by atoms with Crippen molar-refractivity contribution in [1.82, 2.24) is 19.5 Å². The summed E-state index contributed by atoms with van der Waals surface area (Å²) in [6.45, 7) is 4.70. The Kier molecular flexibility index (Phi) is 10.4. The smallest absolute Gasteiger partial charge is 0.164 e. The predicted molar refractivity (Wildman–Crippen MR) is 321 cm³/mol. The lowest BCUT2D eigenvalue weighted by Gasteiger charge is -2.29. The molecule has 3 heterocycles. The van der Waals surface area contributed by atoms with Gasteiger partial charge in [0.15, 0.2) is 17.5 Å². The van der Waals surface area contributed by atoms with E-state index in [9.17, 15) is 0 Å². The molecule has 0 radical (unpaired) electrons. The minimum atomic E-state index is -0.160. The Morgan fingerprint density at radius 1 is 0.372 bits per heavy atom. The Bertz CT molecular complexity index is 4560. The van der Waals surface area contributed by atoms with Gasteiger partial charge in [0.2, 0.25) is 0 Å². The Balaban J connectivity index is 0.849. The van der Waals surface area contributed by atoms with Crippen molar-refractivity contribution in [2.45, 2.75) is 19.3 Å². The summed E-state index contributed by atoms with van der Waals surface area (Å²) in [5.74, 6) is 1.82. The van der Waals surface area contributed by atoms with Crippen molar-refractivity contribution in [1.29, 1.82) is 0 Å². The van der Waals surface area contributed by atoms with Gasteiger partial charge in [-0.05, 0) is 112 Å². The van der Waals surface area contributed by atoms with Crippen molar-refractivity contribution in [3.05, 3.63) is 272 Å². The molecule has 0 fully saturated rings. The number of hydrogen-bond acceptors (Lipinski definition) is 5. The lowest BCUT2D eigenvalue weighted by molar-refractivity contribution is 0.660. The van der Waals surface area contributed by atoms with Gasteiger partial charge in [-0.1, -0.05) is 202 Å². The number of hydrogen-bond donors (Lipinski definition) is 0. The van der Waals surface area contributed by atoms with Gasteiger partial charge in [-0.3, -0.25) is 0 Å². The van der Waals surface area contributed by atoms with Crippen LogP contribution in [0.2, 0.25) is 0 Å². The maximum Gasteiger partial charge on any atom is 0.164 e. The molecule has 78 heavy (non-hydrogen) atoms. The summed E-state index contributed by atoms with van der Waals surface area (Å²) < 4.78 is 8.96. The number of anilines is 3. The molecule has 6 nitrogen and oxygen atoms in total. The zero-order chi connectivity index (χ0) is 51.9. The van der Waals surface area contributed by atoms with E-state index >= 15 is 0 Å². The van der Waals surface area contributed by atoms with Gasteiger partial charge in [-0.2, -0.15) is 0 Å². The first-order chi connectivity index (χ1) is 38.4. The van der Waals surface area contributed by atoms with Crippen LogP contribution in [0.4, 0.5) is 17.1 Å². The van der Waals surface area contributed by atoms with E-state index in [-0.39, 0.29) is 5.41 Å². The van der Waals surface area contributed by atoms with Crippen molar-refractivity contribution in [2.75, 3.05) is 4.90 Å². The SMILES string of the molecule is CC1(C)c2ccccc2-c2c(N(c3ccc(-c4ccc5oc6cccc(-c7nc(-c8ccccc8)nc(-c8ccccc8)n7)c6c5c4)cc3)c3ccc(-c4cccc5c4c4ccccc4n5-c4ccccc4)cc3)cccc21. The molecule has 6 heteroatoms. The Hall–Kier alpha value is -10.2. The summed E-state index contributed by atoms with van der Waals surface area (Å²) in [6.07, 6.45) is 0. The van der Waals surface area contributed by atoms with E-state index in [1.165, 1.54) is 49.6 Å². The molecule has 368 valence electrons. The highest BCUT2D eigenvalue weighted by Crippen LogP contribution is 2.54. The van der Waals surface area contributed by atoms with Crippen molar-refractivity contribution >= 4 is 60.8 Å². The van der Waals surface area contributed by atoms with Crippen molar-refractivity contribution in [3.63, 3.8) is 0 Å². The van der Waals surface area contributed by atoms with E-state index in [0.717, 1.165) is 78.1 Å². The molecule has 0 spiro atoms. The third kappa shape index (κ3) is 7.29. The molecule has 0 unspecified atom stereocenters. The van der Waals surface area contributed by atoms with Crippen molar-refractivity contribution in [2.24, 2.45) is 0 Å². The second-order valence-corrected chi connectivity index (χ2v) is 20.7. The fourth-order valence-corrected chi connectivity index (χ4v) is 12.2. The van der Waals surface area contributed by atoms with E-state index in [0.29, 0.717) is 17.5 Å². The van der Waals surface area contributed by atoms with E-state index < -0.39 is 0 Å². The second kappa shape index (κ2) is 18.0. The lowest BCUT2D eigenvalue weighted by Crippen LogP contribution is -2.16. The quantitative estimate of drug-likeness (QED) is 0.144. The normalized spacial score (nSPS) is 12.6. The van der Waals surface area contributed by atoms with Crippen LogP contribution in [-0.2, 0) is 5.41 Å². The van der Waals surface area contributed by atoms with Gasteiger partial charge >= 0.3 is 0 Å². The summed E-state index contributed by atoms with van der Waals surface area (Å²) in [6, 6.07) is 92.8. The Morgan fingerprint density at radius 2 is 0.923 bits per heavy atom. The minimum absolute atomic E-state index is 0.160. The van der Waals surface area contributed by atoms with Crippen LogP contribution in [-0.4, -0.2) is 19.5 Å². The fourth-order valence-electron chi connectivity index (χ4n) is 12.2. The number of nitrogens with zero attached hydrogens (tertiary/aromatic N) is 5. The number of furan rings is 1. The molecule has 3 aromatic heterocycles. The van der Waals surface area contributed by atoms with E-state index in [1.54, 1.807) is 0 Å².